The molecular weight excluding hydrogens is 456 g/mol. The van der Waals surface area contributed by atoms with Crippen LogP contribution in [-0.2, 0) is 23.7 Å². The second kappa shape index (κ2) is 11.0. The van der Waals surface area contributed by atoms with Crippen molar-refractivity contribution < 1.29 is 74.7 Å². The molecule has 3 heterocycles. The zero-order chi connectivity index (χ0) is 24.6. The summed E-state index contributed by atoms with van der Waals surface area (Å²) in [7, 11) is 0. The van der Waals surface area contributed by atoms with Gasteiger partial charge in [0, 0.05) is 0 Å². The monoisotopic (exact) mass is 488 g/mol. The molecule has 3 fully saturated rings. The Morgan fingerprint density at radius 3 is 1.64 bits per heavy atom. The first-order chi connectivity index (χ1) is 15.5. The van der Waals surface area contributed by atoms with Gasteiger partial charge in [0.2, 0.25) is 0 Å². The molecule has 15 atom stereocenters. The van der Waals surface area contributed by atoms with Gasteiger partial charge in [0.15, 0.2) is 18.9 Å². The average Bonchev–Trinajstić information content (AvgIpc) is 2.80. The van der Waals surface area contributed by atoms with Crippen LogP contribution in [0.3, 0.4) is 0 Å². The van der Waals surface area contributed by atoms with Gasteiger partial charge in [0.05, 0.1) is 19.3 Å². The Morgan fingerprint density at radius 1 is 0.545 bits per heavy atom. The molecule has 10 N–H and O–H groups in total. The van der Waals surface area contributed by atoms with Gasteiger partial charge in [-0.25, -0.2) is 0 Å². The molecule has 1 unspecified atom stereocenters. The molecule has 0 aromatic heterocycles. The van der Waals surface area contributed by atoms with Gasteiger partial charge in [-0.15, -0.1) is 0 Å². The lowest BCUT2D eigenvalue weighted by Crippen LogP contribution is -2.66. The van der Waals surface area contributed by atoms with Crippen LogP contribution in [0.5, 0.6) is 0 Å². The van der Waals surface area contributed by atoms with Crippen molar-refractivity contribution in [3.63, 3.8) is 0 Å². The Bertz CT molecular complexity index is 624. The van der Waals surface area contributed by atoms with E-state index in [0.717, 1.165) is 0 Å². The fourth-order valence-electron chi connectivity index (χ4n) is 3.99. The van der Waals surface area contributed by atoms with Gasteiger partial charge in [-0.2, -0.15) is 0 Å². The molecule has 0 radical (unpaired) electrons. The predicted octanol–water partition coefficient (Wildman–Crippen LogP) is -6.55. The molecule has 15 nitrogen and oxygen atoms in total. The van der Waals surface area contributed by atoms with Gasteiger partial charge in [0.1, 0.15) is 67.1 Å². The molecule has 0 saturated carbocycles. The highest BCUT2D eigenvalue weighted by Gasteiger charge is 2.53. The van der Waals surface area contributed by atoms with Crippen molar-refractivity contribution in [2.24, 2.45) is 0 Å². The van der Waals surface area contributed by atoms with Crippen LogP contribution in [0.25, 0.3) is 0 Å². The molecule has 15 heteroatoms. The number of aliphatic hydroxyl groups excluding tert-OH is 10. The van der Waals surface area contributed by atoms with E-state index in [4.69, 9.17) is 23.7 Å². The third-order valence-electron chi connectivity index (χ3n) is 6.05. The minimum atomic E-state index is -1.88. The van der Waals surface area contributed by atoms with E-state index in [1.165, 1.54) is 6.92 Å². The molecule has 3 saturated heterocycles. The number of aliphatic hydroxyl groups is 10. The van der Waals surface area contributed by atoms with Crippen molar-refractivity contribution in [1.82, 2.24) is 0 Å². The van der Waals surface area contributed by atoms with Crippen molar-refractivity contribution in [2.45, 2.75) is 99.0 Å². The van der Waals surface area contributed by atoms with Crippen LogP contribution in [-0.4, -0.2) is 156 Å². The second-order valence-electron chi connectivity index (χ2n) is 8.32. The number of hydrogen-bond donors (Lipinski definition) is 10. The summed E-state index contributed by atoms with van der Waals surface area (Å²) in [5, 5.41) is 99.8. The molecule has 0 aromatic carbocycles. The SMILES string of the molecule is C[C@@H]1O[C@@H](O[C@H]2[C@@H](O[C@H]3O[C@H](CO)[C@@H](O)[C@H](O)[C@H]3O)[C@@H](CO)OC(O)[C@@H]2O)[C@@H](O)[C@H](O)[C@@H]1O. The minimum absolute atomic E-state index is 0.739. The van der Waals surface area contributed by atoms with Crippen LogP contribution in [0.4, 0.5) is 0 Å². The summed E-state index contributed by atoms with van der Waals surface area (Å²) in [5.74, 6) is 0. The van der Waals surface area contributed by atoms with Crippen LogP contribution in [0.2, 0.25) is 0 Å². The molecule has 3 aliphatic rings. The molecule has 0 amide bonds. The summed E-state index contributed by atoms with van der Waals surface area (Å²) in [6.45, 7) is -0.127. The van der Waals surface area contributed by atoms with Gasteiger partial charge >= 0.3 is 0 Å². The maximum Gasteiger partial charge on any atom is 0.187 e. The highest BCUT2D eigenvalue weighted by atomic mass is 16.8. The second-order valence-corrected chi connectivity index (χ2v) is 8.32. The Balaban J connectivity index is 1.83. The van der Waals surface area contributed by atoms with E-state index in [9.17, 15) is 51.1 Å². The van der Waals surface area contributed by atoms with Crippen molar-refractivity contribution in [3.8, 4) is 0 Å². The molecular formula is C18H32O15. The van der Waals surface area contributed by atoms with Gasteiger partial charge in [-0.05, 0) is 6.92 Å². The summed E-state index contributed by atoms with van der Waals surface area (Å²) in [6, 6.07) is 0. The molecule has 33 heavy (non-hydrogen) atoms. The zero-order valence-electron chi connectivity index (χ0n) is 17.6. The largest absolute Gasteiger partial charge is 0.394 e. The fraction of sp³-hybridized carbons (Fsp3) is 1.00. The molecule has 3 aliphatic heterocycles. The first-order valence-corrected chi connectivity index (χ1v) is 10.4. The summed E-state index contributed by atoms with van der Waals surface area (Å²) in [5.41, 5.74) is 0. The highest BCUT2D eigenvalue weighted by molar-refractivity contribution is 4.96. The van der Waals surface area contributed by atoms with E-state index in [1.807, 2.05) is 0 Å². The van der Waals surface area contributed by atoms with Crippen LogP contribution >= 0.6 is 0 Å². The molecule has 0 aromatic rings. The molecule has 194 valence electrons. The van der Waals surface area contributed by atoms with E-state index < -0.39 is 105 Å². The normalized spacial score (nSPS) is 53.7. The maximum absolute atomic E-state index is 10.5. The first kappa shape index (κ1) is 27.0. The Kier molecular flexibility index (Phi) is 8.99. The summed E-state index contributed by atoms with van der Waals surface area (Å²) < 4.78 is 26.9. The smallest absolute Gasteiger partial charge is 0.187 e. The van der Waals surface area contributed by atoms with Crippen LogP contribution < -0.4 is 0 Å². The van der Waals surface area contributed by atoms with E-state index in [1.54, 1.807) is 0 Å². The maximum atomic E-state index is 10.5. The predicted molar refractivity (Wildman–Crippen MR) is 99.8 cm³/mol. The highest BCUT2D eigenvalue weighted by Crippen LogP contribution is 2.32. The van der Waals surface area contributed by atoms with Crippen LogP contribution in [0.1, 0.15) is 6.92 Å². The van der Waals surface area contributed by atoms with Crippen molar-refractivity contribution in [3.05, 3.63) is 0 Å². The third kappa shape index (κ3) is 5.32. The van der Waals surface area contributed by atoms with E-state index >= 15 is 0 Å². The molecule has 3 rings (SSSR count). The first-order valence-electron chi connectivity index (χ1n) is 10.4. The Morgan fingerprint density at radius 2 is 1.06 bits per heavy atom. The fourth-order valence-corrected chi connectivity index (χ4v) is 3.99. The molecule has 0 spiro atoms. The summed E-state index contributed by atoms with van der Waals surface area (Å²) in [4.78, 5) is 0. The standard InChI is InChI=1S/C18H32O15/c1-4-7(21)9(23)11(25)17(29-4)33-15-13(27)16(28)30-6(3-20)14(15)32-18-12(26)10(24)8(22)5(2-19)31-18/h4-28H,2-3H2,1H3/t4-,5+,6+,7+,8+,9+,10-,11-,12+,13+,14-,15+,16?,17-,18+/m0/s1. The quantitative estimate of drug-likeness (QED) is 0.167. The summed E-state index contributed by atoms with van der Waals surface area (Å²) >= 11 is 0. The Hall–Kier alpha value is -0.600. The topological polar surface area (TPSA) is 248 Å². The van der Waals surface area contributed by atoms with Gasteiger partial charge in [-0.3, -0.25) is 0 Å². The van der Waals surface area contributed by atoms with Crippen molar-refractivity contribution in [1.29, 1.82) is 0 Å². The number of ether oxygens (including phenoxy) is 5. The van der Waals surface area contributed by atoms with Crippen LogP contribution in [0, 0.1) is 0 Å². The van der Waals surface area contributed by atoms with Crippen molar-refractivity contribution >= 4 is 0 Å². The minimum Gasteiger partial charge on any atom is -0.394 e. The van der Waals surface area contributed by atoms with Crippen LogP contribution in [0.15, 0.2) is 0 Å². The van der Waals surface area contributed by atoms with Gasteiger partial charge < -0.3 is 74.7 Å². The lowest BCUT2D eigenvalue weighted by molar-refractivity contribution is -0.382. The Labute approximate surface area is 187 Å². The van der Waals surface area contributed by atoms with E-state index in [0.29, 0.717) is 0 Å². The lowest BCUT2D eigenvalue weighted by Gasteiger charge is -2.48. The van der Waals surface area contributed by atoms with E-state index in [2.05, 4.69) is 0 Å². The number of hydrogen-bond acceptors (Lipinski definition) is 15. The van der Waals surface area contributed by atoms with Gasteiger partial charge in [-0.1, -0.05) is 0 Å². The number of rotatable bonds is 6. The summed E-state index contributed by atoms with van der Waals surface area (Å²) in [6.07, 6.45) is -24.0. The van der Waals surface area contributed by atoms with Crippen molar-refractivity contribution in [2.75, 3.05) is 13.2 Å². The third-order valence-corrected chi connectivity index (χ3v) is 6.05. The van der Waals surface area contributed by atoms with E-state index in [-0.39, 0.29) is 0 Å². The van der Waals surface area contributed by atoms with Gasteiger partial charge in [0.25, 0.3) is 0 Å². The average molecular weight is 488 g/mol. The lowest BCUT2D eigenvalue weighted by atomic mass is 9.96. The molecule has 0 aliphatic carbocycles. The zero-order valence-corrected chi connectivity index (χ0v) is 17.6. The molecule has 0 bridgehead atoms.